The number of carbonyl (C=O) groups excluding carboxylic acids is 1. The number of nitrogens with zero attached hydrogens (tertiary/aromatic N) is 2. The molecule has 1 aromatic carbocycles. The van der Waals surface area contributed by atoms with Crippen molar-refractivity contribution in [1.82, 2.24) is 15.3 Å². The van der Waals surface area contributed by atoms with Gasteiger partial charge in [-0.3, -0.25) is 4.79 Å². The van der Waals surface area contributed by atoms with Crippen molar-refractivity contribution in [2.75, 3.05) is 11.9 Å². The molecule has 0 saturated carbocycles. The zero-order valence-electron chi connectivity index (χ0n) is 11.1. The minimum atomic E-state index is -0.233. The highest BCUT2D eigenvalue weighted by molar-refractivity contribution is 9.10. The van der Waals surface area contributed by atoms with Crippen LogP contribution in [-0.4, -0.2) is 22.4 Å². The van der Waals surface area contributed by atoms with Crippen LogP contribution >= 0.6 is 15.9 Å². The fourth-order valence-electron chi connectivity index (χ4n) is 1.59. The smallest absolute Gasteiger partial charge is 0.271 e. The van der Waals surface area contributed by atoms with Crippen molar-refractivity contribution >= 4 is 27.7 Å². The fourth-order valence-corrected chi connectivity index (χ4v) is 1.86. The second-order valence-electron chi connectivity index (χ2n) is 4.13. The molecule has 0 bridgehead atoms. The Kier molecular flexibility index (Phi) is 5.06. The standard InChI is InChI=1S/C14H15BrN4O/c1-2-16-13-9-17-12(8-18-13)14(20)19-7-10-3-5-11(15)6-4-10/h3-6,8-9H,2,7H2,1H3,(H,16,18)(H,19,20). The average molecular weight is 335 g/mol. The van der Waals surface area contributed by atoms with Crippen LogP contribution in [0.2, 0.25) is 0 Å². The topological polar surface area (TPSA) is 66.9 Å². The first-order valence-electron chi connectivity index (χ1n) is 6.27. The van der Waals surface area contributed by atoms with Gasteiger partial charge in [0.05, 0.1) is 12.4 Å². The Balaban J connectivity index is 1.92. The predicted molar refractivity (Wildman–Crippen MR) is 81.5 cm³/mol. The Bertz CT molecular complexity index is 569. The molecule has 20 heavy (non-hydrogen) atoms. The van der Waals surface area contributed by atoms with Gasteiger partial charge in [-0.05, 0) is 24.6 Å². The second kappa shape index (κ2) is 7.00. The van der Waals surface area contributed by atoms with E-state index in [4.69, 9.17) is 0 Å². The molecular formula is C14H15BrN4O. The molecule has 0 aliphatic carbocycles. The van der Waals surface area contributed by atoms with Gasteiger partial charge >= 0.3 is 0 Å². The van der Waals surface area contributed by atoms with Crippen LogP contribution in [-0.2, 0) is 6.54 Å². The van der Waals surface area contributed by atoms with Crippen LogP contribution in [0.3, 0.4) is 0 Å². The van der Waals surface area contributed by atoms with Crippen molar-refractivity contribution in [2.24, 2.45) is 0 Å². The largest absolute Gasteiger partial charge is 0.369 e. The molecule has 0 saturated heterocycles. The van der Waals surface area contributed by atoms with E-state index in [1.165, 1.54) is 6.20 Å². The van der Waals surface area contributed by atoms with Crippen LogP contribution in [0.25, 0.3) is 0 Å². The van der Waals surface area contributed by atoms with Gasteiger partial charge in [-0.1, -0.05) is 28.1 Å². The molecule has 104 valence electrons. The van der Waals surface area contributed by atoms with Crippen molar-refractivity contribution in [3.8, 4) is 0 Å². The first-order valence-corrected chi connectivity index (χ1v) is 7.07. The van der Waals surface area contributed by atoms with E-state index in [0.717, 1.165) is 16.6 Å². The summed E-state index contributed by atoms with van der Waals surface area (Å²) in [4.78, 5) is 20.1. The highest BCUT2D eigenvalue weighted by atomic mass is 79.9. The lowest BCUT2D eigenvalue weighted by Gasteiger charge is -2.06. The number of benzene rings is 1. The zero-order chi connectivity index (χ0) is 14.4. The molecule has 2 aromatic rings. The molecular weight excluding hydrogens is 320 g/mol. The number of hydrogen-bond acceptors (Lipinski definition) is 4. The van der Waals surface area contributed by atoms with E-state index in [-0.39, 0.29) is 5.91 Å². The number of rotatable bonds is 5. The van der Waals surface area contributed by atoms with Gasteiger partial charge in [-0.2, -0.15) is 0 Å². The first-order chi connectivity index (χ1) is 9.69. The SMILES string of the molecule is CCNc1cnc(C(=O)NCc2ccc(Br)cc2)cn1. The number of hydrogen-bond donors (Lipinski definition) is 2. The number of amides is 1. The van der Waals surface area contributed by atoms with Crippen molar-refractivity contribution in [2.45, 2.75) is 13.5 Å². The molecule has 0 radical (unpaired) electrons. The summed E-state index contributed by atoms with van der Waals surface area (Å²) < 4.78 is 1.01. The third kappa shape index (κ3) is 4.03. The van der Waals surface area contributed by atoms with Gasteiger partial charge in [0.1, 0.15) is 11.5 Å². The summed E-state index contributed by atoms with van der Waals surface area (Å²) in [7, 11) is 0. The van der Waals surface area contributed by atoms with Gasteiger partial charge in [0.2, 0.25) is 0 Å². The van der Waals surface area contributed by atoms with Crippen LogP contribution in [0, 0.1) is 0 Å². The van der Waals surface area contributed by atoms with Crippen LogP contribution < -0.4 is 10.6 Å². The maximum absolute atomic E-state index is 11.9. The monoisotopic (exact) mass is 334 g/mol. The van der Waals surface area contributed by atoms with E-state index in [1.54, 1.807) is 6.20 Å². The third-order valence-corrected chi connectivity index (χ3v) is 3.14. The summed E-state index contributed by atoms with van der Waals surface area (Å²) in [5.74, 6) is 0.431. The molecule has 0 fully saturated rings. The molecule has 0 aliphatic rings. The number of nitrogens with one attached hydrogen (secondary N) is 2. The number of carbonyl (C=O) groups is 1. The molecule has 0 unspecified atom stereocenters. The van der Waals surface area contributed by atoms with Crippen molar-refractivity contribution < 1.29 is 4.79 Å². The van der Waals surface area contributed by atoms with Crippen LogP contribution in [0.4, 0.5) is 5.82 Å². The summed E-state index contributed by atoms with van der Waals surface area (Å²) in [5.41, 5.74) is 1.34. The van der Waals surface area contributed by atoms with E-state index in [2.05, 4.69) is 36.5 Å². The van der Waals surface area contributed by atoms with Gasteiger partial charge in [0.25, 0.3) is 5.91 Å². The summed E-state index contributed by atoms with van der Waals surface area (Å²) in [6.45, 7) is 3.20. The van der Waals surface area contributed by atoms with Crippen LogP contribution in [0.15, 0.2) is 41.1 Å². The van der Waals surface area contributed by atoms with Crippen LogP contribution in [0.1, 0.15) is 23.0 Å². The van der Waals surface area contributed by atoms with Crippen LogP contribution in [0.5, 0.6) is 0 Å². The summed E-state index contributed by atoms with van der Waals surface area (Å²) in [5, 5.41) is 5.84. The van der Waals surface area contributed by atoms with Crippen molar-refractivity contribution in [3.05, 3.63) is 52.4 Å². The second-order valence-corrected chi connectivity index (χ2v) is 5.04. The molecule has 1 aromatic heterocycles. The zero-order valence-corrected chi connectivity index (χ0v) is 12.6. The van der Waals surface area contributed by atoms with E-state index in [1.807, 2.05) is 31.2 Å². The maximum atomic E-state index is 11.9. The molecule has 0 atom stereocenters. The molecule has 1 heterocycles. The fraction of sp³-hybridized carbons (Fsp3) is 0.214. The highest BCUT2D eigenvalue weighted by Crippen LogP contribution is 2.10. The van der Waals surface area contributed by atoms with E-state index < -0.39 is 0 Å². The number of halogens is 1. The lowest BCUT2D eigenvalue weighted by atomic mass is 10.2. The molecule has 2 N–H and O–H groups in total. The molecule has 0 aliphatic heterocycles. The minimum Gasteiger partial charge on any atom is -0.369 e. The Hall–Kier alpha value is -1.95. The van der Waals surface area contributed by atoms with Gasteiger partial charge in [0, 0.05) is 17.6 Å². The Labute approximate surface area is 126 Å². The molecule has 0 spiro atoms. The first kappa shape index (κ1) is 14.5. The summed E-state index contributed by atoms with van der Waals surface area (Å²) >= 11 is 3.37. The maximum Gasteiger partial charge on any atom is 0.271 e. The Morgan fingerprint density at radius 3 is 2.55 bits per heavy atom. The minimum absolute atomic E-state index is 0.233. The molecule has 5 nitrogen and oxygen atoms in total. The van der Waals surface area contributed by atoms with E-state index >= 15 is 0 Å². The average Bonchev–Trinajstić information content (AvgIpc) is 2.47. The molecule has 2 rings (SSSR count). The third-order valence-electron chi connectivity index (χ3n) is 2.61. The summed E-state index contributed by atoms with van der Waals surface area (Å²) in [6.07, 6.45) is 3.02. The van der Waals surface area contributed by atoms with E-state index in [9.17, 15) is 4.79 Å². The van der Waals surface area contributed by atoms with E-state index in [0.29, 0.717) is 18.1 Å². The quantitative estimate of drug-likeness (QED) is 0.881. The number of aromatic nitrogens is 2. The van der Waals surface area contributed by atoms with Gasteiger partial charge < -0.3 is 10.6 Å². The van der Waals surface area contributed by atoms with Gasteiger partial charge in [-0.15, -0.1) is 0 Å². The van der Waals surface area contributed by atoms with Crippen molar-refractivity contribution in [1.29, 1.82) is 0 Å². The Morgan fingerprint density at radius 2 is 1.95 bits per heavy atom. The number of anilines is 1. The van der Waals surface area contributed by atoms with Gasteiger partial charge in [-0.25, -0.2) is 9.97 Å². The lowest BCUT2D eigenvalue weighted by molar-refractivity contribution is 0.0945. The Morgan fingerprint density at radius 1 is 1.20 bits per heavy atom. The van der Waals surface area contributed by atoms with Crippen molar-refractivity contribution in [3.63, 3.8) is 0 Å². The normalized spacial score (nSPS) is 10.1. The molecule has 1 amide bonds. The highest BCUT2D eigenvalue weighted by Gasteiger charge is 2.07. The summed E-state index contributed by atoms with van der Waals surface area (Å²) in [6, 6.07) is 7.77. The lowest BCUT2D eigenvalue weighted by Crippen LogP contribution is -2.24. The van der Waals surface area contributed by atoms with Gasteiger partial charge in [0.15, 0.2) is 0 Å². The predicted octanol–water partition coefficient (Wildman–Crippen LogP) is 2.60. The molecule has 6 heteroatoms.